The van der Waals surface area contributed by atoms with E-state index in [1.54, 1.807) is 39.7 Å². The number of nitriles is 1. The van der Waals surface area contributed by atoms with Crippen LogP contribution in [-0.4, -0.2) is 32.2 Å². The summed E-state index contributed by atoms with van der Waals surface area (Å²) in [6, 6.07) is 15.0. The number of nitrogens with zero attached hydrogens (tertiary/aromatic N) is 2. The number of fused-ring (bicyclic) bond motifs is 1. The van der Waals surface area contributed by atoms with E-state index in [1.165, 1.54) is 0 Å². The smallest absolute Gasteiger partial charge is 0.233 e. The maximum atomic E-state index is 12.6. The van der Waals surface area contributed by atoms with Gasteiger partial charge in [0, 0.05) is 17.3 Å². The van der Waals surface area contributed by atoms with E-state index in [-0.39, 0.29) is 11.8 Å². The molecule has 1 aliphatic heterocycles. The molecule has 4 rings (SSSR count). The highest BCUT2D eigenvalue weighted by atomic mass is 16.5. The van der Waals surface area contributed by atoms with Crippen LogP contribution < -0.4 is 19.5 Å². The maximum absolute atomic E-state index is 12.6. The van der Waals surface area contributed by atoms with E-state index in [2.05, 4.69) is 16.4 Å². The Morgan fingerprint density at radius 2 is 1.68 bits per heavy atom. The first-order chi connectivity index (χ1) is 15.1. The van der Waals surface area contributed by atoms with Crippen LogP contribution in [0.1, 0.15) is 22.6 Å². The minimum Gasteiger partial charge on any atom is -0.493 e. The molecule has 3 aromatic rings. The van der Waals surface area contributed by atoms with E-state index < -0.39 is 0 Å². The molecular formula is C24H21N3O4. The lowest BCUT2D eigenvalue weighted by atomic mass is 9.92. The van der Waals surface area contributed by atoms with Crippen LogP contribution in [-0.2, 0) is 11.2 Å². The van der Waals surface area contributed by atoms with Gasteiger partial charge in [-0.05, 0) is 47.9 Å². The third-order valence-electron chi connectivity index (χ3n) is 5.37. The van der Waals surface area contributed by atoms with Crippen molar-refractivity contribution in [1.82, 2.24) is 4.98 Å². The molecule has 1 atom stereocenters. The molecule has 2 heterocycles. The van der Waals surface area contributed by atoms with Crippen LogP contribution >= 0.6 is 0 Å². The van der Waals surface area contributed by atoms with Crippen molar-refractivity contribution in [3.63, 3.8) is 0 Å². The number of ether oxygens (including phenoxy) is 3. The lowest BCUT2D eigenvalue weighted by Gasteiger charge is -2.15. The van der Waals surface area contributed by atoms with Crippen LogP contribution in [0, 0.1) is 11.3 Å². The van der Waals surface area contributed by atoms with Gasteiger partial charge in [-0.3, -0.25) is 4.79 Å². The number of rotatable bonds is 6. The van der Waals surface area contributed by atoms with Gasteiger partial charge >= 0.3 is 0 Å². The summed E-state index contributed by atoms with van der Waals surface area (Å²) in [5, 5.41) is 11.8. The highest BCUT2D eigenvalue weighted by molar-refractivity contribution is 6.02. The molecule has 1 N–H and O–H groups in total. The molecule has 1 aliphatic rings. The summed E-state index contributed by atoms with van der Waals surface area (Å²) in [6.45, 7) is 0. The number of amides is 1. The fraction of sp³-hybridized carbons (Fsp3) is 0.208. The standard InChI is InChI=1S/C24H21N3O4/c1-29-20-10-16(11-21(30-2)22(20)31-3)17-9-18-19(24(28)27-23(18)26-13-17)8-14-4-6-15(12-25)7-5-14/h4-7,9-11,13,19H,8H2,1-3H3,(H,26,27,28). The molecule has 1 amide bonds. The molecule has 156 valence electrons. The van der Waals surface area contributed by atoms with Gasteiger partial charge in [0.25, 0.3) is 0 Å². The number of carbonyl (C=O) groups is 1. The van der Waals surface area contributed by atoms with Crippen LogP contribution in [0.3, 0.4) is 0 Å². The number of hydrogen-bond donors (Lipinski definition) is 1. The molecule has 0 aliphatic carbocycles. The number of aromatic nitrogens is 1. The Bertz CT molecular complexity index is 1160. The van der Waals surface area contributed by atoms with Gasteiger partial charge in [-0.15, -0.1) is 0 Å². The lowest BCUT2D eigenvalue weighted by molar-refractivity contribution is -0.117. The quantitative estimate of drug-likeness (QED) is 0.656. The third kappa shape index (κ3) is 3.76. The predicted octanol–water partition coefficient (Wildman–Crippen LogP) is 3.92. The predicted molar refractivity (Wildman–Crippen MR) is 116 cm³/mol. The van der Waals surface area contributed by atoms with E-state index in [1.807, 2.05) is 30.3 Å². The molecule has 0 saturated carbocycles. The maximum Gasteiger partial charge on any atom is 0.233 e. The van der Waals surface area contributed by atoms with Crippen LogP contribution in [0.2, 0.25) is 0 Å². The summed E-state index contributed by atoms with van der Waals surface area (Å²) in [7, 11) is 4.69. The third-order valence-corrected chi connectivity index (χ3v) is 5.37. The molecule has 7 nitrogen and oxygen atoms in total. The molecule has 1 aromatic heterocycles. The van der Waals surface area contributed by atoms with Crippen molar-refractivity contribution in [1.29, 1.82) is 5.26 Å². The fourth-order valence-electron chi connectivity index (χ4n) is 3.76. The zero-order chi connectivity index (χ0) is 22.0. The Morgan fingerprint density at radius 3 is 2.26 bits per heavy atom. The van der Waals surface area contributed by atoms with Gasteiger partial charge < -0.3 is 19.5 Å². The highest BCUT2D eigenvalue weighted by Gasteiger charge is 2.32. The minimum atomic E-state index is -0.363. The number of methoxy groups -OCH3 is 3. The van der Waals surface area contributed by atoms with Gasteiger partial charge in [-0.25, -0.2) is 4.98 Å². The summed E-state index contributed by atoms with van der Waals surface area (Å²) in [4.78, 5) is 17.1. The van der Waals surface area contributed by atoms with Crippen molar-refractivity contribution in [2.75, 3.05) is 26.6 Å². The number of nitrogens with one attached hydrogen (secondary N) is 1. The Kier molecular flexibility index (Phi) is 5.46. The average molecular weight is 415 g/mol. The average Bonchev–Trinajstić information content (AvgIpc) is 3.12. The number of hydrogen-bond acceptors (Lipinski definition) is 6. The van der Waals surface area contributed by atoms with Crippen molar-refractivity contribution in [3.05, 3.63) is 65.4 Å². The fourth-order valence-corrected chi connectivity index (χ4v) is 3.76. The Balaban J connectivity index is 1.71. The van der Waals surface area contributed by atoms with E-state index in [9.17, 15) is 4.79 Å². The largest absolute Gasteiger partial charge is 0.493 e. The number of anilines is 1. The first-order valence-electron chi connectivity index (χ1n) is 9.68. The monoisotopic (exact) mass is 415 g/mol. The number of pyridine rings is 1. The normalized spacial score (nSPS) is 14.4. The molecule has 1 unspecified atom stereocenters. The van der Waals surface area contributed by atoms with Gasteiger partial charge in [-0.2, -0.15) is 5.26 Å². The molecule has 0 fully saturated rings. The Morgan fingerprint density at radius 1 is 1.00 bits per heavy atom. The minimum absolute atomic E-state index is 0.0890. The van der Waals surface area contributed by atoms with Crippen molar-refractivity contribution >= 4 is 11.7 Å². The van der Waals surface area contributed by atoms with E-state index >= 15 is 0 Å². The zero-order valence-corrected chi connectivity index (χ0v) is 17.4. The molecule has 2 aromatic carbocycles. The van der Waals surface area contributed by atoms with E-state index in [4.69, 9.17) is 19.5 Å². The van der Waals surface area contributed by atoms with Crippen molar-refractivity contribution < 1.29 is 19.0 Å². The van der Waals surface area contributed by atoms with E-state index in [0.29, 0.717) is 35.1 Å². The zero-order valence-electron chi connectivity index (χ0n) is 17.4. The summed E-state index contributed by atoms with van der Waals surface area (Å²) in [5.74, 6) is 1.71. The Hall–Kier alpha value is -4.05. The van der Waals surface area contributed by atoms with Crippen molar-refractivity contribution in [2.45, 2.75) is 12.3 Å². The van der Waals surface area contributed by atoms with E-state index in [0.717, 1.165) is 22.3 Å². The van der Waals surface area contributed by atoms with Crippen molar-refractivity contribution in [2.24, 2.45) is 0 Å². The van der Waals surface area contributed by atoms with Crippen LogP contribution in [0.5, 0.6) is 17.2 Å². The molecule has 0 saturated heterocycles. The van der Waals surface area contributed by atoms with Gasteiger partial charge in [0.15, 0.2) is 11.5 Å². The second-order valence-electron chi connectivity index (χ2n) is 7.13. The topological polar surface area (TPSA) is 93.5 Å². The van der Waals surface area contributed by atoms with Crippen LogP contribution in [0.15, 0.2) is 48.7 Å². The summed E-state index contributed by atoms with van der Waals surface area (Å²) in [6.07, 6.45) is 2.23. The number of benzene rings is 2. The summed E-state index contributed by atoms with van der Waals surface area (Å²) in [5.41, 5.74) is 4.07. The second kappa shape index (κ2) is 8.36. The van der Waals surface area contributed by atoms with Crippen LogP contribution in [0.25, 0.3) is 11.1 Å². The van der Waals surface area contributed by atoms with Gasteiger partial charge in [0.1, 0.15) is 5.82 Å². The van der Waals surface area contributed by atoms with Gasteiger partial charge in [0.2, 0.25) is 11.7 Å². The summed E-state index contributed by atoms with van der Waals surface area (Å²) >= 11 is 0. The Labute approximate surface area is 180 Å². The summed E-state index contributed by atoms with van der Waals surface area (Å²) < 4.78 is 16.3. The molecule has 31 heavy (non-hydrogen) atoms. The SMILES string of the molecule is COc1cc(-c2cnc3c(c2)C(Cc2ccc(C#N)cc2)C(=O)N3)cc(OC)c1OC. The van der Waals surface area contributed by atoms with Crippen LogP contribution in [0.4, 0.5) is 5.82 Å². The molecule has 0 radical (unpaired) electrons. The van der Waals surface area contributed by atoms with Crippen molar-refractivity contribution in [3.8, 4) is 34.4 Å². The first kappa shape index (κ1) is 20.2. The van der Waals surface area contributed by atoms with Gasteiger partial charge in [0.05, 0.1) is 38.9 Å². The molecule has 0 spiro atoms. The second-order valence-corrected chi connectivity index (χ2v) is 7.13. The van der Waals surface area contributed by atoms with Gasteiger partial charge in [-0.1, -0.05) is 12.1 Å². The molecule has 0 bridgehead atoms. The molecule has 7 heteroatoms. The molecular weight excluding hydrogens is 394 g/mol. The highest BCUT2D eigenvalue weighted by Crippen LogP contribution is 2.42. The lowest BCUT2D eigenvalue weighted by Crippen LogP contribution is -2.14. The number of carbonyl (C=O) groups excluding carboxylic acids is 1. The first-order valence-corrected chi connectivity index (χ1v) is 9.68.